The van der Waals surface area contributed by atoms with E-state index in [1.807, 2.05) is 0 Å². The summed E-state index contributed by atoms with van der Waals surface area (Å²) in [5, 5.41) is 6.78. The first-order chi connectivity index (χ1) is 10.7. The van der Waals surface area contributed by atoms with E-state index in [0.29, 0.717) is 17.1 Å². The van der Waals surface area contributed by atoms with Crippen LogP contribution in [-0.4, -0.2) is 28.6 Å². The van der Waals surface area contributed by atoms with Crippen molar-refractivity contribution in [3.63, 3.8) is 0 Å². The van der Waals surface area contributed by atoms with E-state index in [4.69, 9.17) is 0 Å². The molecule has 5 nitrogen and oxygen atoms in total. The number of nitrogens with one attached hydrogen (secondary N) is 2. The van der Waals surface area contributed by atoms with Crippen LogP contribution in [0.2, 0.25) is 0 Å². The van der Waals surface area contributed by atoms with E-state index in [0.717, 1.165) is 23.6 Å². The molecule has 0 radical (unpaired) electrons. The third-order valence-corrected chi connectivity index (χ3v) is 4.93. The number of nitrogens with zero attached hydrogens (tertiary/aromatic N) is 2. The number of carbonyl (C=O) groups excluding carboxylic acids is 1. The molecule has 0 aliphatic carbocycles. The van der Waals surface area contributed by atoms with E-state index in [9.17, 15) is 4.79 Å². The lowest BCUT2D eigenvalue weighted by Crippen LogP contribution is -3.08. The Bertz CT molecular complexity index is 632. The molecule has 3 rings (SSSR count). The van der Waals surface area contributed by atoms with Crippen molar-refractivity contribution in [1.82, 2.24) is 14.9 Å². The molecule has 116 valence electrons. The molecule has 1 saturated heterocycles. The van der Waals surface area contributed by atoms with Gasteiger partial charge in [-0.1, -0.05) is 28.8 Å². The Hall–Kier alpha value is -1.79. The first-order valence-electron chi connectivity index (χ1n) is 7.71. The summed E-state index contributed by atoms with van der Waals surface area (Å²) in [5.74, 6) is -0.0990. The maximum Gasteiger partial charge on any atom is 0.265 e. The summed E-state index contributed by atoms with van der Waals surface area (Å²) >= 11 is 1.14. The second-order valence-corrected chi connectivity index (χ2v) is 6.57. The van der Waals surface area contributed by atoms with Gasteiger partial charge in [-0.3, -0.25) is 4.79 Å². The highest BCUT2D eigenvalue weighted by Gasteiger charge is 2.15. The zero-order chi connectivity index (χ0) is 15.4. The van der Waals surface area contributed by atoms with Crippen molar-refractivity contribution in [2.75, 3.05) is 13.1 Å². The van der Waals surface area contributed by atoms with Crippen molar-refractivity contribution in [3.8, 4) is 0 Å². The molecule has 1 aliphatic rings. The molecule has 2 heterocycles. The third-order valence-electron chi connectivity index (χ3n) is 4.10. The molecule has 0 unspecified atom stereocenters. The lowest BCUT2D eigenvalue weighted by atomic mass is 10.1. The number of benzene rings is 1. The van der Waals surface area contributed by atoms with Crippen LogP contribution in [0.1, 0.15) is 39.3 Å². The second-order valence-electron chi connectivity index (χ2n) is 5.82. The number of hydrogen-bond donors (Lipinski definition) is 2. The van der Waals surface area contributed by atoms with Gasteiger partial charge in [0.15, 0.2) is 0 Å². The van der Waals surface area contributed by atoms with Crippen molar-refractivity contribution in [1.29, 1.82) is 0 Å². The highest BCUT2D eigenvalue weighted by atomic mass is 32.1. The molecule has 0 atom stereocenters. The first kappa shape index (κ1) is 15.1. The Labute approximate surface area is 134 Å². The van der Waals surface area contributed by atoms with Gasteiger partial charge in [0.25, 0.3) is 5.91 Å². The largest absolute Gasteiger partial charge is 0.347 e. The van der Waals surface area contributed by atoms with Crippen molar-refractivity contribution in [2.45, 2.75) is 32.9 Å². The lowest BCUT2D eigenvalue weighted by molar-refractivity contribution is -0.901. The van der Waals surface area contributed by atoms with Crippen molar-refractivity contribution in [3.05, 3.63) is 46.0 Å². The van der Waals surface area contributed by atoms with E-state index < -0.39 is 0 Å². The van der Waals surface area contributed by atoms with Crippen molar-refractivity contribution < 1.29 is 9.69 Å². The number of carbonyl (C=O) groups is 1. The van der Waals surface area contributed by atoms with Crippen LogP contribution in [0.5, 0.6) is 0 Å². The quantitative estimate of drug-likeness (QED) is 0.863. The smallest absolute Gasteiger partial charge is 0.265 e. The van der Waals surface area contributed by atoms with E-state index in [-0.39, 0.29) is 5.91 Å². The molecule has 1 aromatic carbocycles. The first-order valence-corrected chi connectivity index (χ1v) is 8.48. The van der Waals surface area contributed by atoms with Crippen LogP contribution >= 0.6 is 11.5 Å². The molecule has 1 fully saturated rings. The molecule has 1 amide bonds. The normalized spacial score (nSPS) is 15.1. The van der Waals surface area contributed by atoms with Gasteiger partial charge in [-0.25, -0.2) is 0 Å². The van der Waals surface area contributed by atoms with Crippen LogP contribution in [0.25, 0.3) is 0 Å². The average Bonchev–Trinajstić information content (AvgIpc) is 3.18. The fraction of sp³-hybridized carbons (Fsp3) is 0.438. The fourth-order valence-electron chi connectivity index (χ4n) is 2.82. The lowest BCUT2D eigenvalue weighted by Gasteiger charge is -2.12. The number of quaternary nitrogens is 1. The Morgan fingerprint density at radius 3 is 2.55 bits per heavy atom. The van der Waals surface area contributed by atoms with E-state index in [2.05, 4.69) is 39.2 Å². The summed E-state index contributed by atoms with van der Waals surface area (Å²) in [6.45, 7) is 6.03. The highest BCUT2D eigenvalue weighted by Crippen LogP contribution is 2.09. The summed E-state index contributed by atoms with van der Waals surface area (Å²) in [7, 11) is 0. The SMILES string of the molecule is Cc1nnsc1C(=O)NCc1ccc(C[NH+]2CCCC2)cc1. The van der Waals surface area contributed by atoms with Crippen molar-refractivity contribution >= 4 is 17.4 Å². The number of rotatable bonds is 5. The Morgan fingerprint density at radius 2 is 1.91 bits per heavy atom. The van der Waals surface area contributed by atoms with Gasteiger partial charge in [0, 0.05) is 24.9 Å². The van der Waals surface area contributed by atoms with Gasteiger partial charge in [-0.2, -0.15) is 0 Å². The third kappa shape index (κ3) is 3.69. The minimum atomic E-state index is -0.0990. The van der Waals surface area contributed by atoms with Crippen LogP contribution in [0.3, 0.4) is 0 Å². The van der Waals surface area contributed by atoms with Gasteiger partial charge in [-0.15, -0.1) is 5.10 Å². The zero-order valence-electron chi connectivity index (χ0n) is 12.8. The molecule has 2 aromatic rings. The molecule has 1 aliphatic heterocycles. The van der Waals surface area contributed by atoms with Crippen molar-refractivity contribution in [2.24, 2.45) is 0 Å². The van der Waals surface area contributed by atoms with E-state index in [1.165, 1.54) is 31.5 Å². The predicted molar refractivity (Wildman–Crippen MR) is 85.9 cm³/mol. The summed E-state index contributed by atoms with van der Waals surface area (Å²) < 4.78 is 3.79. The van der Waals surface area contributed by atoms with Gasteiger partial charge in [0.05, 0.1) is 18.8 Å². The topological polar surface area (TPSA) is 59.3 Å². The average molecular weight is 317 g/mol. The molecule has 0 bridgehead atoms. The van der Waals surface area contributed by atoms with Gasteiger partial charge >= 0.3 is 0 Å². The number of amides is 1. The monoisotopic (exact) mass is 317 g/mol. The number of likely N-dealkylation sites (tertiary alicyclic amines) is 1. The summed E-state index contributed by atoms with van der Waals surface area (Å²) in [6, 6.07) is 8.55. The molecule has 2 N–H and O–H groups in total. The molecular formula is C16H21N4OS+. The molecule has 6 heteroatoms. The van der Waals surface area contributed by atoms with Crippen LogP contribution < -0.4 is 10.2 Å². The van der Waals surface area contributed by atoms with Gasteiger partial charge < -0.3 is 10.2 Å². The Balaban J connectivity index is 1.52. The summed E-state index contributed by atoms with van der Waals surface area (Å²) in [5.41, 5.74) is 3.17. The van der Waals surface area contributed by atoms with Crippen LogP contribution in [0.15, 0.2) is 24.3 Å². The summed E-state index contributed by atoms with van der Waals surface area (Å²) in [4.78, 5) is 14.3. The minimum Gasteiger partial charge on any atom is -0.347 e. The second kappa shape index (κ2) is 6.98. The molecule has 22 heavy (non-hydrogen) atoms. The highest BCUT2D eigenvalue weighted by molar-refractivity contribution is 7.07. The van der Waals surface area contributed by atoms with E-state index >= 15 is 0 Å². The zero-order valence-corrected chi connectivity index (χ0v) is 13.6. The maximum atomic E-state index is 12.0. The van der Waals surface area contributed by atoms with Crippen LogP contribution in [0.4, 0.5) is 0 Å². The summed E-state index contributed by atoms with van der Waals surface area (Å²) in [6.07, 6.45) is 2.70. The maximum absolute atomic E-state index is 12.0. The van der Waals surface area contributed by atoms with Gasteiger partial charge in [-0.05, 0) is 24.0 Å². The standard InChI is InChI=1S/C16H20N4OS/c1-12-15(22-19-18-12)16(21)17-10-13-4-6-14(7-5-13)11-20-8-2-3-9-20/h4-7H,2-3,8-11H2,1H3,(H,17,21)/p+1. The number of aryl methyl sites for hydroxylation is 1. The molecule has 0 spiro atoms. The molecule has 1 aromatic heterocycles. The Kier molecular flexibility index (Phi) is 4.80. The van der Waals surface area contributed by atoms with E-state index in [1.54, 1.807) is 11.8 Å². The Morgan fingerprint density at radius 1 is 1.23 bits per heavy atom. The molecule has 0 saturated carbocycles. The predicted octanol–water partition coefficient (Wildman–Crippen LogP) is 0.955. The fourth-order valence-corrected chi connectivity index (χ4v) is 3.39. The van der Waals surface area contributed by atoms with Crippen LogP contribution in [0, 0.1) is 6.92 Å². The number of aromatic nitrogens is 2. The van der Waals surface area contributed by atoms with Gasteiger partial charge in [0.2, 0.25) is 0 Å². The van der Waals surface area contributed by atoms with Gasteiger partial charge in [0.1, 0.15) is 11.4 Å². The van der Waals surface area contributed by atoms with Crippen LogP contribution in [-0.2, 0) is 13.1 Å². The molecular weight excluding hydrogens is 296 g/mol. The minimum absolute atomic E-state index is 0.0990. The number of hydrogen-bond acceptors (Lipinski definition) is 4.